The number of rotatable bonds is 5. The van der Waals surface area contributed by atoms with E-state index in [4.69, 9.17) is 9.47 Å². The van der Waals surface area contributed by atoms with Gasteiger partial charge in [-0.15, -0.1) is 17.1 Å². The summed E-state index contributed by atoms with van der Waals surface area (Å²) in [5.41, 5.74) is 2.06. The normalized spacial score (nSPS) is 10.4. The number of methoxy groups -OCH3 is 2. The molecule has 1 aromatic heterocycles. The Bertz CT molecular complexity index is 1150. The molecule has 6 heteroatoms. The predicted molar refractivity (Wildman–Crippen MR) is 110 cm³/mol. The zero-order valence-electron chi connectivity index (χ0n) is 16.4. The first-order valence-electron chi connectivity index (χ1n) is 8.67. The van der Waals surface area contributed by atoms with Crippen LogP contribution in [0.3, 0.4) is 0 Å². The topological polar surface area (TPSA) is 58.6 Å². The Morgan fingerprint density at radius 3 is 2.10 bits per heavy atom. The van der Waals surface area contributed by atoms with Crippen molar-refractivity contribution in [2.24, 2.45) is 0 Å². The van der Waals surface area contributed by atoms with E-state index in [-0.39, 0.29) is 41.1 Å². The molecule has 4 aromatic rings. The molecule has 0 fully saturated rings. The van der Waals surface area contributed by atoms with Gasteiger partial charge in [0.2, 0.25) is 0 Å². The van der Waals surface area contributed by atoms with Crippen LogP contribution in [0.25, 0.3) is 20.5 Å². The summed E-state index contributed by atoms with van der Waals surface area (Å²) in [6.07, 6.45) is 0. The van der Waals surface area contributed by atoms with Gasteiger partial charge in [0.1, 0.15) is 11.5 Å². The van der Waals surface area contributed by atoms with E-state index in [1.54, 1.807) is 37.7 Å². The van der Waals surface area contributed by atoms with E-state index in [0.717, 1.165) is 32.0 Å². The molecule has 0 radical (unpaired) electrons. The van der Waals surface area contributed by atoms with Crippen molar-refractivity contribution in [3.8, 4) is 27.7 Å². The van der Waals surface area contributed by atoms with Crippen LogP contribution in [0.4, 0.5) is 0 Å². The van der Waals surface area contributed by atoms with Crippen molar-refractivity contribution < 1.29 is 48.9 Å². The molecule has 0 amide bonds. The van der Waals surface area contributed by atoms with Crippen molar-refractivity contribution in [1.29, 1.82) is 0 Å². The molecule has 29 heavy (non-hydrogen) atoms. The molecule has 0 unspecified atom stereocenters. The summed E-state index contributed by atoms with van der Waals surface area (Å²) in [6.45, 7) is 0. The Labute approximate surface area is 195 Å². The van der Waals surface area contributed by atoms with Crippen LogP contribution in [0.2, 0.25) is 0 Å². The summed E-state index contributed by atoms with van der Waals surface area (Å²) in [4.78, 5) is 14.2. The minimum absolute atomic E-state index is 0. The Kier molecular flexibility index (Phi) is 6.65. The van der Waals surface area contributed by atoms with Crippen molar-refractivity contribution in [3.63, 3.8) is 0 Å². The number of carbonyl (C=O) groups excluding carboxylic acids is 1. The average Bonchev–Trinajstić information content (AvgIpc) is 3.12. The monoisotopic (exact) mass is 412 g/mol. The van der Waals surface area contributed by atoms with Gasteiger partial charge in [-0.25, -0.2) is 0 Å². The molecular formula is C23H17NaO4S. The van der Waals surface area contributed by atoms with Crippen LogP contribution in [0, 0.1) is 0 Å². The summed E-state index contributed by atoms with van der Waals surface area (Å²) >= 11 is 1.54. The molecule has 0 aliphatic carbocycles. The molecule has 1 heterocycles. The second-order valence-corrected chi connectivity index (χ2v) is 7.30. The van der Waals surface area contributed by atoms with E-state index in [2.05, 4.69) is 0 Å². The molecule has 0 saturated heterocycles. The minimum atomic E-state index is -0.119. The van der Waals surface area contributed by atoms with E-state index in [1.165, 1.54) is 12.1 Å². The fourth-order valence-corrected chi connectivity index (χ4v) is 4.36. The molecule has 0 spiro atoms. The number of ether oxygens (including phenoxy) is 2. The van der Waals surface area contributed by atoms with Crippen LogP contribution in [-0.4, -0.2) is 20.0 Å². The minimum Gasteiger partial charge on any atom is -0.872 e. The van der Waals surface area contributed by atoms with E-state index >= 15 is 0 Å². The summed E-state index contributed by atoms with van der Waals surface area (Å²) in [5, 5.41) is 12.3. The van der Waals surface area contributed by atoms with E-state index < -0.39 is 0 Å². The van der Waals surface area contributed by atoms with Crippen LogP contribution in [0.1, 0.15) is 15.9 Å². The predicted octanol–water partition coefficient (Wildman–Crippen LogP) is 1.89. The Balaban J connectivity index is 0.00000240. The number of hydrogen-bond donors (Lipinski definition) is 0. The van der Waals surface area contributed by atoms with Gasteiger partial charge in [-0.2, -0.15) is 0 Å². The molecule has 0 atom stereocenters. The molecule has 4 rings (SSSR count). The molecular weight excluding hydrogens is 395 g/mol. The van der Waals surface area contributed by atoms with Gasteiger partial charge in [0.25, 0.3) is 0 Å². The number of benzene rings is 3. The third-order valence-corrected chi connectivity index (χ3v) is 5.79. The van der Waals surface area contributed by atoms with E-state index in [0.29, 0.717) is 11.1 Å². The summed E-state index contributed by atoms with van der Waals surface area (Å²) in [6, 6.07) is 19.3. The largest absolute Gasteiger partial charge is 1.00 e. The van der Waals surface area contributed by atoms with Gasteiger partial charge >= 0.3 is 29.6 Å². The standard InChI is InChI=1S/C23H18O4S.Na/c1-26-17-9-5-15(6-10-17)23-21(22(25)14-3-7-16(24)8-4-14)19-12-11-18(27-2)13-20(19)28-23;/h3-13,24H,1-2H3;/q;+1/p-1. The molecule has 3 aromatic carbocycles. The maximum atomic E-state index is 13.4. The van der Waals surface area contributed by atoms with Gasteiger partial charge < -0.3 is 14.6 Å². The van der Waals surface area contributed by atoms with Crippen molar-refractivity contribution in [2.75, 3.05) is 14.2 Å². The molecule has 140 valence electrons. The fraction of sp³-hybridized carbons (Fsp3) is 0.0870. The summed E-state index contributed by atoms with van der Waals surface area (Å²) < 4.78 is 11.5. The third-order valence-electron chi connectivity index (χ3n) is 4.59. The maximum absolute atomic E-state index is 13.4. The zero-order valence-corrected chi connectivity index (χ0v) is 19.2. The van der Waals surface area contributed by atoms with Gasteiger partial charge in [-0.3, -0.25) is 4.79 Å². The number of ketones is 1. The van der Waals surface area contributed by atoms with Crippen LogP contribution in [0.15, 0.2) is 66.7 Å². The van der Waals surface area contributed by atoms with Gasteiger partial charge in [-0.05, 0) is 48.0 Å². The van der Waals surface area contributed by atoms with Crippen molar-refractivity contribution in [3.05, 3.63) is 77.9 Å². The van der Waals surface area contributed by atoms with E-state index in [9.17, 15) is 9.90 Å². The third kappa shape index (κ3) is 4.19. The smallest absolute Gasteiger partial charge is 0.872 e. The zero-order chi connectivity index (χ0) is 19.7. The molecule has 0 aliphatic rings. The molecule has 4 nitrogen and oxygen atoms in total. The Morgan fingerprint density at radius 2 is 1.48 bits per heavy atom. The second-order valence-electron chi connectivity index (χ2n) is 6.25. The first kappa shape index (κ1) is 21.4. The number of fused-ring (bicyclic) bond motifs is 1. The van der Waals surface area contributed by atoms with Gasteiger partial charge in [0, 0.05) is 26.1 Å². The van der Waals surface area contributed by atoms with Crippen LogP contribution >= 0.6 is 11.3 Å². The van der Waals surface area contributed by atoms with Gasteiger partial charge in [0.05, 0.1) is 14.2 Å². The van der Waals surface area contributed by atoms with Gasteiger partial charge in [-0.1, -0.05) is 24.3 Å². The van der Waals surface area contributed by atoms with Gasteiger partial charge in [0.15, 0.2) is 5.78 Å². The quantitative estimate of drug-likeness (QED) is 0.371. The average molecular weight is 412 g/mol. The number of thiophene rings is 1. The van der Waals surface area contributed by atoms with Crippen LogP contribution in [-0.2, 0) is 0 Å². The molecule has 0 bridgehead atoms. The molecule has 0 saturated carbocycles. The van der Waals surface area contributed by atoms with E-state index in [1.807, 2.05) is 42.5 Å². The number of hydrogen-bond acceptors (Lipinski definition) is 5. The SMILES string of the molecule is COc1ccc(-c2sc3cc(OC)ccc3c2C(=O)c2ccc([O-])cc2)cc1.[Na+]. The van der Waals surface area contributed by atoms with Crippen LogP contribution < -0.4 is 44.1 Å². The summed E-state index contributed by atoms with van der Waals surface area (Å²) in [7, 11) is 3.24. The number of carbonyl (C=O) groups is 1. The Morgan fingerprint density at radius 1 is 0.862 bits per heavy atom. The van der Waals surface area contributed by atoms with Crippen molar-refractivity contribution >= 4 is 27.2 Å². The first-order chi connectivity index (χ1) is 13.6. The first-order valence-corrected chi connectivity index (χ1v) is 9.49. The molecule has 0 N–H and O–H groups in total. The van der Waals surface area contributed by atoms with Crippen molar-refractivity contribution in [2.45, 2.75) is 0 Å². The Hall–Kier alpha value is -2.31. The van der Waals surface area contributed by atoms with Crippen LogP contribution in [0.5, 0.6) is 17.2 Å². The second kappa shape index (κ2) is 9.01. The molecule has 0 aliphatic heterocycles. The fourth-order valence-electron chi connectivity index (χ4n) is 3.13. The van der Waals surface area contributed by atoms with Crippen molar-refractivity contribution in [1.82, 2.24) is 0 Å². The summed E-state index contributed by atoms with van der Waals surface area (Å²) in [5.74, 6) is 1.27. The maximum Gasteiger partial charge on any atom is 1.00 e.